The summed E-state index contributed by atoms with van der Waals surface area (Å²) in [6.45, 7) is 0.509. The predicted octanol–water partition coefficient (Wildman–Crippen LogP) is 3.91. The van der Waals surface area contributed by atoms with E-state index in [4.69, 9.17) is 4.74 Å². The van der Waals surface area contributed by atoms with Gasteiger partial charge < -0.3 is 19.8 Å². The van der Waals surface area contributed by atoms with E-state index in [9.17, 15) is 15.0 Å². The number of benzene rings is 2. The fourth-order valence-corrected chi connectivity index (χ4v) is 4.95. The van der Waals surface area contributed by atoms with Gasteiger partial charge in [-0.3, -0.25) is 4.79 Å². The SMILES string of the molecule is COc1cc([C@@H]2[C@H]3CCCC[C@@]3(O)CCN2C(=O)c2ccccc2)ccc1O. The first kappa shape index (κ1) is 18.8. The van der Waals surface area contributed by atoms with Crippen molar-refractivity contribution in [2.75, 3.05) is 13.7 Å². The molecule has 5 heteroatoms. The van der Waals surface area contributed by atoms with Crippen LogP contribution < -0.4 is 4.74 Å². The van der Waals surface area contributed by atoms with E-state index in [0.29, 0.717) is 24.3 Å². The number of carbonyl (C=O) groups excluding carboxylic acids is 1. The number of methoxy groups -OCH3 is 1. The van der Waals surface area contributed by atoms with Crippen LogP contribution in [0.25, 0.3) is 0 Å². The average molecular weight is 381 g/mol. The Hall–Kier alpha value is -2.53. The lowest BCUT2D eigenvalue weighted by Crippen LogP contribution is -2.56. The van der Waals surface area contributed by atoms with Crippen LogP contribution in [0.2, 0.25) is 0 Å². The summed E-state index contributed by atoms with van der Waals surface area (Å²) in [6, 6.07) is 14.3. The van der Waals surface area contributed by atoms with Crippen molar-refractivity contribution >= 4 is 5.91 Å². The molecule has 2 aromatic carbocycles. The van der Waals surface area contributed by atoms with Crippen molar-refractivity contribution in [3.8, 4) is 11.5 Å². The number of nitrogens with zero attached hydrogens (tertiary/aromatic N) is 1. The molecule has 1 saturated carbocycles. The maximum Gasteiger partial charge on any atom is 0.254 e. The summed E-state index contributed by atoms with van der Waals surface area (Å²) in [5, 5.41) is 21.4. The number of ether oxygens (including phenoxy) is 1. The van der Waals surface area contributed by atoms with Crippen LogP contribution in [-0.2, 0) is 0 Å². The number of phenols is 1. The highest BCUT2D eigenvalue weighted by molar-refractivity contribution is 5.94. The highest BCUT2D eigenvalue weighted by Crippen LogP contribution is 2.50. The Labute approximate surface area is 165 Å². The molecule has 1 saturated heterocycles. The highest BCUT2D eigenvalue weighted by atomic mass is 16.5. The summed E-state index contributed by atoms with van der Waals surface area (Å²) < 4.78 is 5.30. The quantitative estimate of drug-likeness (QED) is 0.846. The van der Waals surface area contributed by atoms with Crippen molar-refractivity contribution in [1.82, 2.24) is 4.90 Å². The number of aliphatic hydroxyl groups is 1. The maximum atomic E-state index is 13.3. The van der Waals surface area contributed by atoms with E-state index in [2.05, 4.69) is 0 Å². The summed E-state index contributed by atoms with van der Waals surface area (Å²) in [6.07, 6.45) is 4.32. The first-order valence-electron chi connectivity index (χ1n) is 9.99. The zero-order valence-corrected chi connectivity index (χ0v) is 16.2. The summed E-state index contributed by atoms with van der Waals surface area (Å²) in [7, 11) is 1.52. The number of aromatic hydroxyl groups is 1. The van der Waals surface area contributed by atoms with Crippen molar-refractivity contribution in [1.29, 1.82) is 0 Å². The minimum atomic E-state index is -0.749. The molecule has 1 aliphatic carbocycles. The van der Waals surface area contributed by atoms with Crippen LogP contribution in [0, 0.1) is 5.92 Å². The summed E-state index contributed by atoms with van der Waals surface area (Å²) >= 11 is 0. The molecule has 1 amide bonds. The van der Waals surface area contributed by atoms with Crippen LogP contribution in [0.15, 0.2) is 48.5 Å². The van der Waals surface area contributed by atoms with Crippen molar-refractivity contribution in [3.05, 3.63) is 59.7 Å². The Morgan fingerprint density at radius 3 is 2.68 bits per heavy atom. The Balaban J connectivity index is 1.78. The number of likely N-dealkylation sites (tertiary alicyclic amines) is 1. The molecular weight excluding hydrogens is 354 g/mol. The Morgan fingerprint density at radius 2 is 1.93 bits per heavy atom. The third-order valence-corrected chi connectivity index (χ3v) is 6.39. The van der Waals surface area contributed by atoms with Crippen LogP contribution >= 0.6 is 0 Å². The van der Waals surface area contributed by atoms with E-state index in [0.717, 1.165) is 31.2 Å². The minimum absolute atomic E-state index is 0.0229. The molecule has 1 aliphatic heterocycles. The van der Waals surface area contributed by atoms with Gasteiger partial charge >= 0.3 is 0 Å². The van der Waals surface area contributed by atoms with Gasteiger partial charge in [-0.1, -0.05) is 37.1 Å². The van der Waals surface area contributed by atoms with Crippen molar-refractivity contribution in [2.45, 2.75) is 43.7 Å². The molecule has 0 aromatic heterocycles. The van der Waals surface area contributed by atoms with Crippen LogP contribution in [-0.4, -0.2) is 40.3 Å². The van der Waals surface area contributed by atoms with Gasteiger partial charge in [-0.25, -0.2) is 0 Å². The Kier molecular flexibility index (Phi) is 5.02. The molecule has 2 fully saturated rings. The fraction of sp³-hybridized carbons (Fsp3) is 0.435. The number of piperidine rings is 1. The number of hydrogen-bond acceptors (Lipinski definition) is 4. The van der Waals surface area contributed by atoms with E-state index in [-0.39, 0.29) is 23.6 Å². The zero-order chi connectivity index (χ0) is 19.7. The van der Waals surface area contributed by atoms with Crippen molar-refractivity contribution in [3.63, 3.8) is 0 Å². The van der Waals surface area contributed by atoms with Gasteiger partial charge in [0.25, 0.3) is 5.91 Å². The second kappa shape index (κ2) is 7.47. The van der Waals surface area contributed by atoms with Crippen LogP contribution in [0.3, 0.4) is 0 Å². The van der Waals surface area contributed by atoms with Crippen LogP contribution in [0.5, 0.6) is 11.5 Å². The van der Waals surface area contributed by atoms with E-state index >= 15 is 0 Å². The molecule has 4 rings (SSSR count). The first-order valence-corrected chi connectivity index (χ1v) is 9.99. The van der Waals surface area contributed by atoms with Crippen LogP contribution in [0.1, 0.15) is 54.1 Å². The molecule has 1 heterocycles. The second-order valence-electron chi connectivity index (χ2n) is 7.95. The smallest absolute Gasteiger partial charge is 0.254 e. The second-order valence-corrected chi connectivity index (χ2v) is 7.95. The van der Waals surface area contributed by atoms with Gasteiger partial charge in [0, 0.05) is 18.0 Å². The van der Waals surface area contributed by atoms with E-state index in [1.54, 1.807) is 12.1 Å². The maximum absolute atomic E-state index is 13.3. The minimum Gasteiger partial charge on any atom is -0.504 e. The predicted molar refractivity (Wildman–Crippen MR) is 106 cm³/mol. The normalized spacial score (nSPS) is 27.1. The van der Waals surface area contributed by atoms with E-state index in [1.165, 1.54) is 7.11 Å². The van der Waals surface area contributed by atoms with Gasteiger partial charge in [-0.2, -0.15) is 0 Å². The van der Waals surface area contributed by atoms with Gasteiger partial charge in [0.05, 0.1) is 18.8 Å². The van der Waals surface area contributed by atoms with Gasteiger partial charge in [0.15, 0.2) is 11.5 Å². The number of fused-ring (bicyclic) bond motifs is 1. The third kappa shape index (κ3) is 3.24. The van der Waals surface area contributed by atoms with Crippen LogP contribution in [0.4, 0.5) is 0 Å². The molecule has 0 spiro atoms. The lowest BCUT2D eigenvalue weighted by atomic mass is 9.66. The fourth-order valence-electron chi connectivity index (χ4n) is 4.95. The summed E-state index contributed by atoms with van der Waals surface area (Å²) in [5.74, 6) is 0.401. The summed E-state index contributed by atoms with van der Waals surface area (Å²) in [4.78, 5) is 15.2. The average Bonchev–Trinajstić information content (AvgIpc) is 2.73. The van der Waals surface area contributed by atoms with Gasteiger partial charge in [0.1, 0.15) is 0 Å². The number of phenolic OH excluding ortho intramolecular Hbond substituents is 1. The standard InChI is InChI=1S/C23H27NO4/c1-28-20-15-17(10-11-19(20)25)21-18-9-5-6-12-23(18,27)13-14-24(21)22(26)16-7-3-2-4-8-16/h2-4,7-8,10-11,15,18,21,25,27H,5-6,9,12-14H2,1H3/t18-,21-,23-/m1/s1. The van der Waals surface area contributed by atoms with E-state index < -0.39 is 5.60 Å². The Morgan fingerprint density at radius 1 is 1.14 bits per heavy atom. The summed E-state index contributed by atoms with van der Waals surface area (Å²) in [5.41, 5.74) is 0.796. The lowest BCUT2D eigenvalue weighted by Gasteiger charge is -2.52. The molecule has 2 aliphatic rings. The number of carbonyl (C=O) groups is 1. The molecule has 0 unspecified atom stereocenters. The monoisotopic (exact) mass is 381 g/mol. The van der Waals surface area contributed by atoms with Gasteiger partial charge in [0.2, 0.25) is 0 Å². The molecule has 2 aromatic rings. The van der Waals surface area contributed by atoms with Crippen molar-refractivity contribution < 1.29 is 19.7 Å². The van der Waals surface area contributed by atoms with Gasteiger partial charge in [-0.05, 0) is 49.1 Å². The third-order valence-electron chi connectivity index (χ3n) is 6.39. The highest BCUT2D eigenvalue weighted by Gasteiger charge is 2.50. The molecule has 0 radical (unpaired) electrons. The molecule has 28 heavy (non-hydrogen) atoms. The molecule has 5 nitrogen and oxygen atoms in total. The molecule has 3 atom stereocenters. The molecule has 0 bridgehead atoms. The Bertz CT molecular complexity index is 853. The largest absolute Gasteiger partial charge is 0.504 e. The lowest BCUT2D eigenvalue weighted by molar-refractivity contribution is -0.115. The number of hydrogen-bond donors (Lipinski definition) is 2. The van der Waals surface area contributed by atoms with Crippen molar-refractivity contribution in [2.24, 2.45) is 5.92 Å². The van der Waals surface area contributed by atoms with E-state index in [1.807, 2.05) is 41.3 Å². The molecular formula is C23H27NO4. The number of amides is 1. The molecule has 148 valence electrons. The number of rotatable bonds is 3. The first-order chi connectivity index (χ1) is 13.5. The molecule has 2 N–H and O–H groups in total. The van der Waals surface area contributed by atoms with Gasteiger partial charge in [-0.15, -0.1) is 0 Å². The zero-order valence-electron chi connectivity index (χ0n) is 16.2. The topological polar surface area (TPSA) is 70.0 Å².